The molecule has 2 rings (SSSR count). The smallest absolute Gasteiger partial charge is 0.338 e. The number of hydrogen-bond donors (Lipinski definition) is 2. The lowest BCUT2D eigenvalue weighted by molar-refractivity contribution is 0.0526. The summed E-state index contributed by atoms with van der Waals surface area (Å²) in [6.07, 6.45) is 0. The zero-order valence-electron chi connectivity index (χ0n) is 14.5. The Balaban J connectivity index is 1.80. The summed E-state index contributed by atoms with van der Waals surface area (Å²) in [6, 6.07) is 17.3. The van der Waals surface area contributed by atoms with Crippen molar-refractivity contribution >= 4 is 34.7 Å². The number of para-hydroxylation sites is 1. The molecule has 0 spiro atoms. The van der Waals surface area contributed by atoms with Crippen LogP contribution in [0.5, 0.6) is 0 Å². The van der Waals surface area contributed by atoms with E-state index in [1.54, 1.807) is 25.1 Å². The molecule has 0 aliphatic carbocycles. The van der Waals surface area contributed by atoms with Crippen molar-refractivity contribution in [3.63, 3.8) is 0 Å². The van der Waals surface area contributed by atoms with Gasteiger partial charge in [0.2, 0.25) is 0 Å². The van der Waals surface area contributed by atoms with Gasteiger partial charge < -0.3 is 20.3 Å². The molecule has 2 aromatic rings. The van der Waals surface area contributed by atoms with Crippen LogP contribution in [0, 0.1) is 0 Å². The van der Waals surface area contributed by atoms with Crippen LogP contribution in [-0.4, -0.2) is 37.8 Å². The third kappa shape index (κ3) is 6.08. The van der Waals surface area contributed by atoms with Crippen LogP contribution >= 0.6 is 12.2 Å². The van der Waals surface area contributed by atoms with Gasteiger partial charge >= 0.3 is 5.97 Å². The van der Waals surface area contributed by atoms with E-state index in [0.717, 1.165) is 17.9 Å². The van der Waals surface area contributed by atoms with E-state index in [1.165, 1.54) is 0 Å². The molecule has 0 aliphatic heterocycles. The average Bonchev–Trinajstić information content (AvgIpc) is 2.62. The highest BCUT2D eigenvalue weighted by molar-refractivity contribution is 7.80. The molecule has 132 valence electrons. The van der Waals surface area contributed by atoms with Gasteiger partial charge in [-0.2, -0.15) is 0 Å². The lowest BCUT2D eigenvalue weighted by atomic mass is 10.2. The third-order valence-corrected chi connectivity index (χ3v) is 3.81. The van der Waals surface area contributed by atoms with E-state index in [1.807, 2.05) is 31.3 Å². The van der Waals surface area contributed by atoms with E-state index >= 15 is 0 Å². The zero-order chi connectivity index (χ0) is 18.1. The van der Waals surface area contributed by atoms with Crippen LogP contribution in [0.3, 0.4) is 0 Å². The summed E-state index contributed by atoms with van der Waals surface area (Å²) in [5.41, 5.74) is 2.41. The van der Waals surface area contributed by atoms with Crippen molar-refractivity contribution in [3.05, 3.63) is 60.2 Å². The Morgan fingerprint density at radius 3 is 2.64 bits per heavy atom. The van der Waals surface area contributed by atoms with Crippen molar-refractivity contribution in [3.8, 4) is 0 Å². The van der Waals surface area contributed by atoms with E-state index < -0.39 is 0 Å². The van der Waals surface area contributed by atoms with E-state index in [9.17, 15) is 4.79 Å². The van der Waals surface area contributed by atoms with Crippen molar-refractivity contribution in [1.82, 2.24) is 5.32 Å². The molecular formula is C19H23N3O2S. The second-order valence-corrected chi connectivity index (χ2v) is 5.85. The number of carbonyl (C=O) groups excluding carboxylic acids is 1. The molecule has 0 saturated heterocycles. The molecule has 0 heterocycles. The van der Waals surface area contributed by atoms with Crippen LogP contribution in [0.25, 0.3) is 0 Å². The first-order chi connectivity index (χ1) is 12.1. The topological polar surface area (TPSA) is 53.6 Å². The van der Waals surface area contributed by atoms with Crippen molar-refractivity contribution in [2.45, 2.75) is 6.92 Å². The lowest BCUT2D eigenvalue weighted by Crippen LogP contribution is -2.35. The lowest BCUT2D eigenvalue weighted by Gasteiger charge is -2.20. The molecule has 5 nitrogen and oxygen atoms in total. The number of likely N-dealkylation sites (N-methyl/N-ethyl adjacent to an activating group) is 1. The molecule has 2 aromatic carbocycles. The van der Waals surface area contributed by atoms with Gasteiger partial charge in [0.25, 0.3) is 0 Å². The van der Waals surface area contributed by atoms with Crippen LogP contribution in [0.2, 0.25) is 0 Å². The second kappa shape index (κ2) is 9.64. The Labute approximate surface area is 154 Å². The van der Waals surface area contributed by atoms with Gasteiger partial charge in [0, 0.05) is 31.5 Å². The number of rotatable bonds is 7. The maximum absolute atomic E-state index is 11.8. The highest BCUT2D eigenvalue weighted by Crippen LogP contribution is 2.12. The molecule has 0 aromatic heterocycles. The fourth-order valence-electron chi connectivity index (χ4n) is 2.26. The molecule has 0 atom stereocenters. The Morgan fingerprint density at radius 2 is 1.92 bits per heavy atom. The summed E-state index contributed by atoms with van der Waals surface area (Å²) in [5, 5.41) is 6.77. The Kier molecular flexibility index (Phi) is 7.22. The van der Waals surface area contributed by atoms with Crippen LogP contribution < -0.4 is 15.5 Å². The molecule has 0 fully saturated rings. The van der Waals surface area contributed by atoms with Crippen LogP contribution in [0.4, 0.5) is 11.4 Å². The van der Waals surface area contributed by atoms with E-state index in [2.05, 4.69) is 27.7 Å². The van der Waals surface area contributed by atoms with Gasteiger partial charge in [-0.15, -0.1) is 0 Å². The molecule has 0 bridgehead atoms. The van der Waals surface area contributed by atoms with Gasteiger partial charge in [0.1, 0.15) is 0 Å². The van der Waals surface area contributed by atoms with Crippen LogP contribution in [0.15, 0.2) is 54.6 Å². The molecule has 0 aliphatic rings. The summed E-state index contributed by atoms with van der Waals surface area (Å²) >= 11 is 5.31. The third-order valence-electron chi connectivity index (χ3n) is 3.56. The SMILES string of the molecule is CCOC(=O)c1cccc(NC(=S)NCCN(C)c2ccccc2)c1. The summed E-state index contributed by atoms with van der Waals surface area (Å²) in [7, 11) is 2.04. The maximum atomic E-state index is 11.8. The van der Waals surface area contributed by atoms with E-state index in [0.29, 0.717) is 23.8 Å². The minimum Gasteiger partial charge on any atom is -0.462 e. The number of nitrogens with zero attached hydrogens (tertiary/aromatic N) is 1. The number of nitrogens with one attached hydrogen (secondary N) is 2. The Hall–Kier alpha value is -2.60. The normalized spacial score (nSPS) is 10.0. The first-order valence-electron chi connectivity index (χ1n) is 8.18. The molecule has 0 amide bonds. The highest BCUT2D eigenvalue weighted by atomic mass is 32.1. The Bertz CT molecular complexity index is 707. The zero-order valence-corrected chi connectivity index (χ0v) is 15.3. The summed E-state index contributed by atoms with van der Waals surface area (Å²) in [6.45, 7) is 3.65. The molecule has 25 heavy (non-hydrogen) atoms. The summed E-state index contributed by atoms with van der Waals surface area (Å²) < 4.78 is 5.00. The highest BCUT2D eigenvalue weighted by Gasteiger charge is 2.07. The fraction of sp³-hybridized carbons (Fsp3) is 0.263. The van der Waals surface area contributed by atoms with E-state index in [4.69, 9.17) is 17.0 Å². The molecular weight excluding hydrogens is 334 g/mol. The van der Waals surface area contributed by atoms with Gasteiger partial charge in [0.15, 0.2) is 5.11 Å². The van der Waals surface area contributed by atoms with Crippen molar-refractivity contribution in [2.75, 3.05) is 37.0 Å². The quantitative estimate of drug-likeness (QED) is 0.586. The van der Waals surface area contributed by atoms with Gasteiger partial charge in [-0.1, -0.05) is 24.3 Å². The Morgan fingerprint density at radius 1 is 1.16 bits per heavy atom. The second-order valence-electron chi connectivity index (χ2n) is 5.44. The molecule has 6 heteroatoms. The number of thiocarbonyl (C=S) groups is 1. The number of anilines is 2. The van der Waals surface area contributed by atoms with Crippen LogP contribution in [-0.2, 0) is 4.74 Å². The predicted molar refractivity (Wildman–Crippen MR) is 106 cm³/mol. The van der Waals surface area contributed by atoms with Crippen molar-refractivity contribution in [2.24, 2.45) is 0 Å². The van der Waals surface area contributed by atoms with Gasteiger partial charge in [-0.25, -0.2) is 4.79 Å². The summed E-state index contributed by atoms with van der Waals surface area (Å²) in [4.78, 5) is 13.9. The van der Waals surface area contributed by atoms with Gasteiger partial charge in [0.05, 0.1) is 12.2 Å². The fourth-order valence-corrected chi connectivity index (χ4v) is 2.48. The van der Waals surface area contributed by atoms with Crippen molar-refractivity contribution < 1.29 is 9.53 Å². The average molecular weight is 357 g/mol. The number of esters is 1. The monoisotopic (exact) mass is 357 g/mol. The number of hydrogen-bond acceptors (Lipinski definition) is 4. The number of carbonyl (C=O) groups is 1. The molecule has 0 radical (unpaired) electrons. The predicted octanol–water partition coefficient (Wildman–Crippen LogP) is 3.29. The first kappa shape index (κ1) is 18.7. The molecule has 0 unspecified atom stereocenters. The first-order valence-corrected chi connectivity index (χ1v) is 8.59. The number of benzene rings is 2. The largest absolute Gasteiger partial charge is 0.462 e. The maximum Gasteiger partial charge on any atom is 0.338 e. The number of ether oxygens (including phenoxy) is 1. The minimum atomic E-state index is -0.338. The van der Waals surface area contributed by atoms with Gasteiger partial charge in [-0.05, 0) is 49.5 Å². The summed E-state index contributed by atoms with van der Waals surface area (Å²) in [5.74, 6) is -0.338. The van der Waals surface area contributed by atoms with E-state index in [-0.39, 0.29) is 5.97 Å². The van der Waals surface area contributed by atoms with Gasteiger partial charge in [-0.3, -0.25) is 0 Å². The molecule has 2 N–H and O–H groups in total. The standard InChI is InChI=1S/C19H23N3O2S/c1-3-24-18(23)15-8-7-9-16(14-15)21-19(25)20-12-13-22(2)17-10-5-4-6-11-17/h4-11,14H,3,12-13H2,1-2H3,(H2,20,21,25). The molecule has 0 saturated carbocycles. The van der Waals surface area contributed by atoms with Crippen LogP contribution in [0.1, 0.15) is 17.3 Å². The minimum absolute atomic E-state index is 0.338. The van der Waals surface area contributed by atoms with Crippen molar-refractivity contribution in [1.29, 1.82) is 0 Å².